The van der Waals surface area contributed by atoms with Crippen molar-refractivity contribution in [3.05, 3.63) is 68.7 Å². The molecule has 0 saturated heterocycles. The highest BCUT2D eigenvalue weighted by Gasteiger charge is 2.17. The summed E-state index contributed by atoms with van der Waals surface area (Å²) < 4.78 is 0. The number of halogens is 1. The summed E-state index contributed by atoms with van der Waals surface area (Å²) in [7, 11) is 0. The number of nitrogens with one attached hydrogen (secondary N) is 2. The second-order valence-electron chi connectivity index (χ2n) is 5.92. The molecule has 0 atom stereocenters. The SMILES string of the molecule is CC(C)NC(=O)c1ccc(NCCc2cccc(Cl)c2)c([N+](=O)[O-])c1. The molecule has 0 spiro atoms. The zero-order chi connectivity index (χ0) is 18.4. The van der Waals surface area contributed by atoms with Crippen molar-refractivity contribution in [3.63, 3.8) is 0 Å². The number of hydrogen-bond donors (Lipinski definition) is 2. The van der Waals surface area contributed by atoms with E-state index in [1.54, 1.807) is 18.2 Å². The van der Waals surface area contributed by atoms with E-state index < -0.39 is 4.92 Å². The average molecular weight is 362 g/mol. The molecule has 2 aromatic carbocycles. The molecule has 0 aliphatic carbocycles. The van der Waals surface area contributed by atoms with Crippen LogP contribution in [0.15, 0.2) is 42.5 Å². The first-order chi connectivity index (χ1) is 11.9. The van der Waals surface area contributed by atoms with Gasteiger partial charge in [-0.1, -0.05) is 23.7 Å². The van der Waals surface area contributed by atoms with E-state index in [2.05, 4.69) is 10.6 Å². The number of nitro groups is 1. The third kappa shape index (κ3) is 5.46. The van der Waals surface area contributed by atoms with Crippen molar-refractivity contribution >= 4 is 28.9 Å². The highest BCUT2D eigenvalue weighted by atomic mass is 35.5. The Labute approximate surface area is 151 Å². The van der Waals surface area contributed by atoms with Crippen LogP contribution in [-0.4, -0.2) is 23.4 Å². The number of hydrogen-bond acceptors (Lipinski definition) is 4. The van der Waals surface area contributed by atoms with E-state index in [0.29, 0.717) is 23.7 Å². The van der Waals surface area contributed by atoms with Crippen LogP contribution >= 0.6 is 11.6 Å². The standard InChI is InChI=1S/C18H20ClN3O3/c1-12(2)21-18(23)14-6-7-16(17(11-14)22(24)25)20-9-8-13-4-3-5-15(19)10-13/h3-7,10-12,20H,8-9H2,1-2H3,(H,21,23). The molecule has 0 unspecified atom stereocenters. The van der Waals surface area contributed by atoms with Crippen LogP contribution in [0.5, 0.6) is 0 Å². The van der Waals surface area contributed by atoms with E-state index >= 15 is 0 Å². The number of benzene rings is 2. The molecule has 0 bridgehead atoms. The van der Waals surface area contributed by atoms with Crippen LogP contribution < -0.4 is 10.6 Å². The lowest BCUT2D eigenvalue weighted by Crippen LogP contribution is -2.30. The van der Waals surface area contributed by atoms with Crippen LogP contribution in [0.1, 0.15) is 29.8 Å². The Morgan fingerprint density at radius 1 is 1.24 bits per heavy atom. The first-order valence-electron chi connectivity index (χ1n) is 7.94. The molecule has 1 amide bonds. The van der Waals surface area contributed by atoms with Crippen LogP contribution in [0.2, 0.25) is 5.02 Å². The van der Waals surface area contributed by atoms with E-state index in [1.807, 2.05) is 32.0 Å². The van der Waals surface area contributed by atoms with E-state index in [-0.39, 0.29) is 23.2 Å². The number of rotatable bonds is 7. The Bertz CT molecular complexity index is 778. The molecule has 0 heterocycles. The Hall–Kier alpha value is -2.60. The second-order valence-corrected chi connectivity index (χ2v) is 6.36. The minimum Gasteiger partial charge on any atom is -0.379 e. The molecule has 6 nitrogen and oxygen atoms in total. The van der Waals surface area contributed by atoms with Crippen molar-refractivity contribution in [1.82, 2.24) is 5.32 Å². The molecule has 132 valence electrons. The smallest absolute Gasteiger partial charge is 0.293 e. The van der Waals surface area contributed by atoms with E-state index in [4.69, 9.17) is 11.6 Å². The highest BCUT2D eigenvalue weighted by Crippen LogP contribution is 2.25. The predicted octanol–water partition coefficient (Wildman–Crippen LogP) is 4.04. The molecule has 0 fully saturated rings. The maximum absolute atomic E-state index is 12.0. The van der Waals surface area contributed by atoms with Gasteiger partial charge in [-0.05, 0) is 50.1 Å². The van der Waals surface area contributed by atoms with Crippen molar-refractivity contribution in [2.24, 2.45) is 0 Å². The Balaban J connectivity index is 2.09. The molecular formula is C18H20ClN3O3. The van der Waals surface area contributed by atoms with Gasteiger partial charge < -0.3 is 10.6 Å². The van der Waals surface area contributed by atoms with Crippen molar-refractivity contribution in [3.8, 4) is 0 Å². The first-order valence-corrected chi connectivity index (χ1v) is 8.32. The quantitative estimate of drug-likeness (QED) is 0.575. The van der Waals surface area contributed by atoms with Gasteiger partial charge in [0.1, 0.15) is 5.69 Å². The normalized spacial score (nSPS) is 10.6. The van der Waals surface area contributed by atoms with E-state index in [0.717, 1.165) is 5.56 Å². The van der Waals surface area contributed by atoms with Gasteiger partial charge in [0.25, 0.3) is 11.6 Å². The van der Waals surface area contributed by atoms with Gasteiger partial charge in [-0.25, -0.2) is 0 Å². The summed E-state index contributed by atoms with van der Waals surface area (Å²) in [6.45, 7) is 4.18. The molecule has 0 saturated carbocycles. The number of nitro benzene ring substituents is 1. The van der Waals surface area contributed by atoms with E-state index in [9.17, 15) is 14.9 Å². The number of amides is 1. The molecular weight excluding hydrogens is 342 g/mol. The Morgan fingerprint density at radius 2 is 2.00 bits per heavy atom. The Kier molecular flexibility index (Phi) is 6.36. The summed E-state index contributed by atoms with van der Waals surface area (Å²) in [6, 6.07) is 11.9. The summed E-state index contributed by atoms with van der Waals surface area (Å²) in [4.78, 5) is 22.8. The highest BCUT2D eigenvalue weighted by molar-refractivity contribution is 6.30. The molecule has 2 N–H and O–H groups in total. The second kappa shape index (κ2) is 8.48. The summed E-state index contributed by atoms with van der Waals surface area (Å²) in [5, 5.41) is 17.7. The van der Waals surface area contributed by atoms with Gasteiger partial charge in [-0.2, -0.15) is 0 Å². The minimum atomic E-state index is -0.492. The van der Waals surface area contributed by atoms with Gasteiger partial charge in [0.2, 0.25) is 0 Å². The number of carbonyl (C=O) groups excluding carboxylic acids is 1. The summed E-state index contributed by atoms with van der Waals surface area (Å²) in [6.07, 6.45) is 0.674. The van der Waals surface area contributed by atoms with Crippen LogP contribution in [-0.2, 0) is 6.42 Å². The molecule has 2 rings (SSSR count). The van der Waals surface area contributed by atoms with Gasteiger partial charge in [-0.15, -0.1) is 0 Å². The fraction of sp³-hybridized carbons (Fsp3) is 0.278. The summed E-state index contributed by atoms with van der Waals surface area (Å²) >= 11 is 5.94. The van der Waals surface area contributed by atoms with Crippen LogP contribution in [0.25, 0.3) is 0 Å². The van der Waals surface area contributed by atoms with Crippen molar-refractivity contribution < 1.29 is 9.72 Å². The predicted molar refractivity (Wildman–Crippen MR) is 99.3 cm³/mol. The summed E-state index contributed by atoms with van der Waals surface area (Å²) in [5.74, 6) is -0.330. The minimum absolute atomic E-state index is 0.0398. The third-order valence-corrected chi connectivity index (χ3v) is 3.73. The zero-order valence-electron chi connectivity index (χ0n) is 14.1. The topological polar surface area (TPSA) is 84.3 Å². The molecule has 0 radical (unpaired) electrons. The lowest BCUT2D eigenvalue weighted by molar-refractivity contribution is -0.384. The fourth-order valence-corrected chi connectivity index (χ4v) is 2.57. The number of carbonyl (C=O) groups is 1. The van der Waals surface area contributed by atoms with Crippen molar-refractivity contribution in [2.45, 2.75) is 26.3 Å². The molecule has 0 aliphatic rings. The molecule has 0 aromatic heterocycles. The molecule has 7 heteroatoms. The fourth-order valence-electron chi connectivity index (χ4n) is 2.35. The van der Waals surface area contributed by atoms with Crippen molar-refractivity contribution in [2.75, 3.05) is 11.9 Å². The lowest BCUT2D eigenvalue weighted by Gasteiger charge is -2.11. The van der Waals surface area contributed by atoms with E-state index in [1.165, 1.54) is 6.07 Å². The van der Waals surface area contributed by atoms with Gasteiger partial charge in [0.05, 0.1) is 4.92 Å². The average Bonchev–Trinajstić information content (AvgIpc) is 2.54. The van der Waals surface area contributed by atoms with Crippen LogP contribution in [0, 0.1) is 10.1 Å². The third-order valence-electron chi connectivity index (χ3n) is 3.49. The van der Waals surface area contributed by atoms with Gasteiger partial charge in [-0.3, -0.25) is 14.9 Å². The van der Waals surface area contributed by atoms with Gasteiger partial charge >= 0.3 is 0 Å². The molecule has 2 aromatic rings. The van der Waals surface area contributed by atoms with Crippen LogP contribution in [0.3, 0.4) is 0 Å². The van der Waals surface area contributed by atoms with Crippen molar-refractivity contribution in [1.29, 1.82) is 0 Å². The zero-order valence-corrected chi connectivity index (χ0v) is 14.8. The lowest BCUT2D eigenvalue weighted by atomic mass is 10.1. The van der Waals surface area contributed by atoms with Gasteiger partial charge in [0.15, 0.2) is 0 Å². The molecule has 25 heavy (non-hydrogen) atoms. The summed E-state index contributed by atoms with van der Waals surface area (Å²) in [5.41, 5.74) is 1.56. The van der Waals surface area contributed by atoms with Crippen LogP contribution in [0.4, 0.5) is 11.4 Å². The number of anilines is 1. The monoisotopic (exact) mass is 361 g/mol. The largest absolute Gasteiger partial charge is 0.379 e. The van der Waals surface area contributed by atoms with Gasteiger partial charge in [0, 0.05) is 29.2 Å². The maximum atomic E-state index is 12.0. The number of nitrogens with zero attached hydrogens (tertiary/aromatic N) is 1. The maximum Gasteiger partial charge on any atom is 0.293 e. The Morgan fingerprint density at radius 3 is 2.64 bits per heavy atom. The first kappa shape index (κ1) is 18.7. The molecule has 0 aliphatic heterocycles.